The molecule has 0 spiro atoms. The van der Waals surface area contributed by atoms with Gasteiger partial charge in [0.15, 0.2) is 0 Å². The number of rotatable bonds is 9. The molecule has 2 aromatic rings. The molecule has 1 nitrogen and oxygen atoms in total. The van der Waals surface area contributed by atoms with Gasteiger partial charge in [-0.05, 0) is 79.5 Å². The summed E-state index contributed by atoms with van der Waals surface area (Å²) in [5.41, 5.74) is 5.21. The summed E-state index contributed by atoms with van der Waals surface area (Å²) < 4.78 is 18.0. The maximum atomic E-state index is 12.2. The van der Waals surface area contributed by atoms with Gasteiger partial charge in [-0.3, -0.25) is 4.39 Å². The predicted molar refractivity (Wildman–Crippen MR) is 121 cm³/mol. The van der Waals surface area contributed by atoms with Gasteiger partial charge in [0.05, 0.1) is 12.8 Å². The fourth-order valence-electron chi connectivity index (χ4n) is 4.28. The summed E-state index contributed by atoms with van der Waals surface area (Å²) in [7, 11) is 0. The van der Waals surface area contributed by atoms with E-state index in [-0.39, 0.29) is 12.8 Å². The van der Waals surface area contributed by atoms with E-state index < -0.39 is 0 Å². The Labute approximate surface area is 176 Å². The van der Waals surface area contributed by atoms with Crippen molar-refractivity contribution in [1.82, 2.24) is 0 Å². The lowest BCUT2D eigenvalue weighted by molar-refractivity contribution is 0.0663. The quantitative estimate of drug-likeness (QED) is 0.391. The normalized spacial score (nSPS) is 20.8. The molecular weight excluding hydrogens is 359 g/mol. The average Bonchev–Trinajstić information content (AvgIpc) is 2.78. The summed E-state index contributed by atoms with van der Waals surface area (Å²) in [5.74, 6) is 1.30. The second kappa shape index (κ2) is 11.3. The van der Waals surface area contributed by atoms with Gasteiger partial charge in [-0.15, -0.1) is 0 Å². The third-order valence-electron chi connectivity index (χ3n) is 6.12. The molecule has 0 saturated heterocycles. The molecule has 0 radical (unpaired) electrons. The van der Waals surface area contributed by atoms with Gasteiger partial charge >= 0.3 is 0 Å². The van der Waals surface area contributed by atoms with Gasteiger partial charge in [0.2, 0.25) is 0 Å². The van der Waals surface area contributed by atoms with Crippen molar-refractivity contribution >= 4 is 0 Å². The van der Waals surface area contributed by atoms with Gasteiger partial charge < -0.3 is 4.74 Å². The Morgan fingerprint density at radius 3 is 2.17 bits per heavy atom. The van der Waals surface area contributed by atoms with Crippen molar-refractivity contribution < 1.29 is 9.13 Å². The molecule has 3 rings (SSSR count). The van der Waals surface area contributed by atoms with Crippen LogP contribution in [0, 0.1) is 5.92 Å². The van der Waals surface area contributed by atoms with E-state index in [1.54, 1.807) is 0 Å². The second-order valence-corrected chi connectivity index (χ2v) is 8.27. The summed E-state index contributed by atoms with van der Waals surface area (Å²) in [6.45, 7) is 4.81. The maximum absolute atomic E-state index is 12.2. The van der Waals surface area contributed by atoms with Crippen molar-refractivity contribution in [3.63, 3.8) is 0 Å². The van der Waals surface area contributed by atoms with Crippen LogP contribution in [0.3, 0.4) is 0 Å². The minimum absolute atomic E-state index is 0.147. The van der Waals surface area contributed by atoms with Crippen LogP contribution < -0.4 is 0 Å². The van der Waals surface area contributed by atoms with Crippen molar-refractivity contribution in [2.24, 2.45) is 5.92 Å². The molecule has 2 aromatic carbocycles. The lowest BCUT2D eigenvalue weighted by Gasteiger charge is -2.27. The first kappa shape index (κ1) is 21.8. The van der Waals surface area contributed by atoms with Gasteiger partial charge in [0, 0.05) is 6.61 Å². The van der Waals surface area contributed by atoms with Gasteiger partial charge in [0.1, 0.15) is 0 Å². The molecule has 1 aliphatic carbocycles. The van der Waals surface area contributed by atoms with Crippen LogP contribution in [0.2, 0.25) is 0 Å². The summed E-state index contributed by atoms with van der Waals surface area (Å²) in [6.07, 6.45) is 10.9. The molecule has 0 N–H and O–H groups in total. The van der Waals surface area contributed by atoms with E-state index in [0.29, 0.717) is 18.3 Å². The van der Waals surface area contributed by atoms with Crippen molar-refractivity contribution in [3.05, 3.63) is 71.8 Å². The minimum Gasteiger partial charge on any atom is -0.374 e. The summed E-state index contributed by atoms with van der Waals surface area (Å²) in [4.78, 5) is 0. The molecule has 156 valence electrons. The first-order chi connectivity index (χ1) is 14.2. The van der Waals surface area contributed by atoms with E-state index >= 15 is 0 Å². The predicted octanol–water partition coefficient (Wildman–Crippen LogP) is 8.03. The average molecular weight is 395 g/mol. The largest absolute Gasteiger partial charge is 0.374 e. The first-order valence-electron chi connectivity index (χ1n) is 11.3. The number of allylic oxidation sites excluding steroid dienone is 2. The zero-order chi connectivity index (χ0) is 20.5. The highest BCUT2D eigenvalue weighted by atomic mass is 19.1. The summed E-state index contributed by atoms with van der Waals surface area (Å²) in [5, 5.41) is 0. The highest BCUT2D eigenvalue weighted by Gasteiger charge is 2.20. The Bertz CT molecular complexity index is 739. The van der Waals surface area contributed by atoms with Gasteiger partial charge in [-0.25, -0.2) is 0 Å². The summed E-state index contributed by atoms with van der Waals surface area (Å²) >= 11 is 0. The van der Waals surface area contributed by atoms with Gasteiger partial charge in [-0.2, -0.15) is 0 Å². The fourth-order valence-corrected chi connectivity index (χ4v) is 4.28. The molecule has 0 aliphatic heterocycles. The highest BCUT2D eigenvalue weighted by Crippen LogP contribution is 2.37. The Kier molecular flexibility index (Phi) is 8.49. The Morgan fingerprint density at radius 1 is 0.966 bits per heavy atom. The molecule has 29 heavy (non-hydrogen) atoms. The van der Waals surface area contributed by atoms with E-state index in [1.165, 1.54) is 47.9 Å². The molecule has 0 amide bonds. The number of hydrogen-bond donors (Lipinski definition) is 0. The van der Waals surface area contributed by atoms with Crippen molar-refractivity contribution in [2.45, 2.75) is 64.4 Å². The van der Waals surface area contributed by atoms with Crippen LogP contribution in [0.1, 0.15) is 75.5 Å². The number of hydrogen-bond acceptors (Lipinski definition) is 1. The third kappa shape index (κ3) is 6.27. The van der Waals surface area contributed by atoms with Gasteiger partial charge in [-0.1, -0.05) is 67.6 Å². The molecule has 1 fully saturated rings. The molecule has 1 unspecified atom stereocenters. The van der Waals surface area contributed by atoms with E-state index in [0.717, 1.165) is 13.0 Å². The van der Waals surface area contributed by atoms with Gasteiger partial charge in [0.25, 0.3) is 0 Å². The van der Waals surface area contributed by atoms with Crippen LogP contribution in [0.5, 0.6) is 0 Å². The van der Waals surface area contributed by atoms with E-state index in [1.807, 2.05) is 6.08 Å². The maximum Gasteiger partial charge on any atom is 0.0928 e. The van der Waals surface area contributed by atoms with Crippen LogP contribution >= 0.6 is 0 Å². The summed E-state index contributed by atoms with van der Waals surface area (Å²) in [6, 6.07) is 17.9. The second-order valence-electron chi connectivity index (χ2n) is 8.27. The first-order valence-corrected chi connectivity index (χ1v) is 11.3. The lowest BCUT2D eigenvalue weighted by atomic mass is 9.78. The Balaban J connectivity index is 1.56. The van der Waals surface area contributed by atoms with E-state index in [2.05, 4.69) is 68.5 Å². The molecule has 1 atom stereocenters. The van der Waals surface area contributed by atoms with E-state index in [4.69, 9.17) is 4.74 Å². The molecule has 1 aliphatic rings. The lowest BCUT2D eigenvalue weighted by Crippen LogP contribution is -2.11. The molecule has 0 bridgehead atoms. The standard InChI is InChI=1S/C27H35FO/c1-3-20-29-21(2)23-11-13-25(14-12-23)27-17-15-26(16-18-27)24-9-7-22(8-10-24)6-4-5-19-28/h4,6,11-18,21-22,24H,3,5,7-10,19-20H2,1-2H3. The van der Waals surface area contributed by atoms with Crippen molar-refractivity contribution in [1.29, 1.82) is 0 Å². The number of alkyl halides is 1. The zero-order valence-corrected chi connectivity index (χ0v) is 17.9. The molecule has 0 aromatic heterocycles. The monoisotopic (exact) mass is 394 g/mol. The highest BCUT2D eigenvalue weighted by molar-refractivity contribution is 5.64. The Hall–Kier alpha value is -1.93. The SMILES string of the molecule is CCCOC(C)c1ccc(-c2ccc(C3CCC(C=CCCF)CC3)cc2)cc1. The molecule has 1 saturated carbocycles. The third-order valence-corrected chi connectivity index (χ3v) is 6.12. The van der Waals surface area contributed by atoms with Crippen LogP contribution in [-0.2, 0) is 4.74 Å². The number of ether oxygens (including phenoxy) is 1. The number of benzene rings is 2. The van der Waals surface area contributed by atoms with Crippen molar-refractivity contribution in [2.75, 3.05) is 13.3 Å². The van der Waals surface area contributed by atoms with Crippen LogP contribution in [0.25, 0.3) is 11.1 Å². The molecule has 0 heterocycles. The molecule has 2 heteroatoms. The van der Waals surface area contributed by atoms with Crippen LogP contribution in [0.15, 0.2) is 60.7 Å². The minimum atomic E-state index is -0.243. The zero-order valence-electron chi connectivity index (χ0n) is 17.9. The number of halogens is 1. The Morgan fingerprint density at radius 2 is 1.59 bits per heavy atom. The van der Waals surface area contributed by atoms with E-state index in [9.17, 15) is 4.39 Å². The van der Waals surface area contributed by atoms with Crippen molar-refractivity contribution in [3.8, 4) is 11.1 Å². The topological polar surface area (TPSA) is 9.23 Å². The fraction of sp³-hybridized carbons (Fsp3) is 0.481. The smallest absolute Gasteiger partial charge is 0.0928 e. The molecular formula is C27H35FO. The van der Waals surface area contributed by atoms with Crippen LogP contribution in [0.4, 0.5) is 4.39 Å². The van der Waals surface area contributed by atoms with Crippen LogP contribution in [-0.4, -0.2) is 13.3 Å².